The number of nitrogen functional groups attached to an aromatic ring is 1. The van der Waals surface area contributed by atoms with Crippen molar-refractivity contribution in [2.24, 2.45) is 0 Å². The van der Waals surface area contributed by atoms with E-state index in [-0.39, 0.29) is 11.9 Å². The number of carbonyl (C=O) groups is 1. The zero-order chi connectivity index (χ0) is 20.6. The molecule has 0 spiro atoms. The maximum Gasteiger partial charge on any atom is 0.234 e. The molecule has 1 amide bonds. The van der Waals surface area contributed by atoms with Crippen LogP contribution in [0.4, 0.5) is 23.3 Å². The van der Waals surface area contributed by atoms with Crippen LogP contribution in [-0.4, -0.2) is 26.6 Å². The first-order valence-corrected chi connectivity index (χ1v) is 10.5. The minimum atomic E-state index is -0.0664. The number of hydrogen-bond acceptors (Lipinski definition) is 7. The molecule has 0 bridgehead atoms. The van der Waals surface area contributed by atoms with Crippen LogP contribution in [-0.2, 0) is 17.0 Å². The molecule has 0 aliphatic carbocycles. The van der Waals surface area contributed by atoms with Crippen molar-refractivity contribution in [3.8, 4) is 0 Å². The first-order chi connectivity index (χ1) is 14.0. The van der Waals surface area contributed by atoms with E-state index in [1.54, 1.807) is 0 Å². The summed E-state index contributed by atoms with van der Waals surface area (Å²) in [4.78, 5) is 24.9. The topological polar surface area (TPSA) is 106 Å². The molecule has 2 aromatic carbocycles. The molecule has 1 aromatic heterocycles. The van der Waals surface area contributed by atoms with Gasteiger partial charge in [0.1, 0.15) is 5.82 Å². The lowest BCUT2D eigenvalue weighted by Gasteiger charge is -2.08. The van der Waals surface area contributed by atoms with Crippen molar-refractivity contribution in [1.29, 1.82) is 0 Å². The van der Waals surface area contributed by atoms with Crippen LogP contribution in [0.3, 0.4) is 0 Å². The average molecular weight is 409 g/mol. The first-order valence-electron chi connectivity index (χ1n) is 9.32. The Bertz CT molecular complexity index is 977. The Kier molecular flexibility index (Phi) is 7.02. The van der Waals surface area contributed by atoms with E-state index in [2.05, 4.69) is 32.5 Å². The number of aryl methyl sites for hydroxylation is 2. The van der Waals surface area contributed by atoms with Crippen LogP contribution in [0.5, 0.6) is 0 Å². The maximum absolute atomic E-state index is 12.2. The molecule has 0 saturated carbocycles. The van der Waals surface area contributed by atoms with Crippen molar-refractivity contribution in [3.05, 3.63) is 65.5 Å². The maximum atomic E-state index is 12.2. The Hall–Kier alpha value is -3.13. The largest absolute Gasteiger partial charge is 0.368 e. The van der Waals surface area contributed by atoms with E-state index in [1.807, 2.05) is 55.5 Å². The third-order valence-electron chi connectivity index (χ3n) is 4.09. The molecule has 29 heavy (non-hydrogen) atoms. The molecule has 3 rings (SSSR count). The molecule has 0 atom stereocenters. The molecule has 7 nitrogen and oxygen atoms in total. The summed E-state index contributed by atoms with van der Waals surface area (Å²) in [5, 5.41) is 6.04. The SMILES string of the molecule is CCc1cccc(NC(=O)CSCc2nc(N)nc(Nc3ccc(C)cc3)n2)c1. The fourth-order valence-corrected chi connectivity index (χ4v) is 3.30. The van der Waals surface area contributed by atoms with Gasteiger partial charge in [-0.15, -0.1) is 11.8 Å². The average Bonchev–Trinajstić information content (AvgIpc) is 2.69. The van der Waals surface area contributed by atoms with Crippen LogP contribution in [0, 0.1) is 6.92 Å². The molecule has 0 aliphatic rings. The van der Waals surface area contributed by atoms with Gasteiger partial charge in [-0.25, -0.2) is 0 Å². The lowest BCUT2D eigenvalue weighted by Crippen LogP contribution is -2.14. The second kappa shape index (κ2) is 9.88. The Morgan fingerprint density at radius 1 is 1.07 bits per heavy atom. The van der Waals surface area contributed by atoms with Crippen molar-refractivity contribution in [1.82, 2.24) is 15.0 Å². The van der Waals surface area contributed by atoms with Crippen LogP contribution >= 0.6 is 11.8 Å². The second-order valence-corrected chi connectivity index (χ2v) is 7.50. The van der Waals surface area contributed by atoms with Crippen molar-refractivity contribution >= 4 is 40.9 Å². The number of carbonyl (C=O) groups excluding carboxylic acids is 1. The summed E-state index contributed by atoms with van der Waals surface area (Å²) < 4.78 is 0. The number of hydrogen-bond donors (Lipinski definition) is 3. The first kappa shape index (κ1) is 20.6. The fourth-order valence-electron chi connectivity index (χ4n) is 2.63. The molecule has 150 valence electrons. The van der Waals surface area contributed by atoms with E-state index in [0.29, 0.717) is 23.3 Å². The number of amides is 1. The Morgan fingerprint density at radius 3 is 2.62 bits per heavy atom. The number of nitrogens with one attached hydrogen (secondary N) is 2. The second-order valence-electron chi connectivity index (χ2n) is 6.52. The van der Waals surface area contributed by atoms with Gasteiger partial charge in [0, 0.05) is 11.4 Å². The minimum absolute atomic E-state index is 0.0664. The number of thioether (sulfide) groups is 1. The van der Waals surface area contributed by atoms with Crippen LogP contribution < -0.4 is 16.4 Å². The Balaban J connectivity index is 1.54. The summed E-state index contributed by atoms with van der Waals surface area (Å²) in [5.74, 6) is 1.74. The third kappa shape index (κ3) is 6.46. The van der Waals surface area contributed by atoms with Gasteiger partial charge in [-0.1, -0.05) is 36.8 Å². The van der Waals surface area contributed by atoms with E-state index >= 15 is 0 Å². The van der Waals surface area contributed by atoms with Crippen LogP contribution in [0.2, 0.25) is 0 Å². The van der Waals surface area contributed by atoms with Gasteiger partial charge in [0.25, 0.3) is 0 Å². The monoisotopic (exact) mass is 408 g/mol. The molecule has 0 unspecified atom stereocenters. The molecular formula is C21H24N6OS. The predicted molar refractivity (Wildman–Crippen MR) is 119 cm³/mol. The molecular weight excluding hydrogens is 384 g/mol. The highest BCUT2D eigenvalue weighted by atomic mass is 32.2. The summed E-state index contributed by atoms with van der Waals surface area (Å²) in [5.41, 5.74) is 9.84. The normalized spacial score (nSPS) is 10.6. The standard InChI is InChI=1S/C21H24N6OS/c1-3-15-5-4-6-17(11-15)23-19(28)13-29-12-18-25-20(22)27-21(26-18)24-16-9-7-14(2)8-10-16/h4-11H,3,12-13H2,1-2H3,(H,23,28)(H3,22,24,25,26,27). The lowest BCUT2D eigenvalue weighted by molar-refractivity contribution is -0.113. The highest BCUT2D eigenvalue weighted by Gasteiger charge is 2.08. The molecule has 0 fully saturated rings. The van der Waals surface area contributed by atoms with E-state index in [9.17, 15) is 4.79 Å². The van der Waals surface area contributed by atoms with Crippen molar-refractivity contribution in [2.75, 3.05) is 22.1 Å². The van der Waals surface area contributed by atoms with Gasteiger partial charge in [-0.2, -0.15) is 15.0 Å². The molecule has 0 saturated heterocycles. The molecule has 3 aromatic rings. The van der Waals surface area contributed by atoms with Crippen molar-refractivity contribution in [3.63, 3.8) is 0 Å². The van der Waals surface area contributed by atoms with E-state index in [1.165, 1.54) is 22.9 Å². The zero-order valence-electron chi connectivity index (χ0n) is 16.5. The summed E-state index contributed by atoms with van der Waals surface area (Å²) >= 11 is 1.42. The fraction of sp³-hybridized carbons (Fsp3) is 0.238. The summed E-state index contributed by atoms with van der Waals surface area (Å²) in [7, 11) is 0. The van der Waals surface area contributed by atoms with Gasteiger partial charge in [-0.3, -0.25) is 4.79 Å². The molecule has 8 heteroatoms. The van der Waals surface area contributed by atoms with Crippen molar-refractivity contribution in [2.45, 2.75) is 26.0 Å². The zero-order valence-corrected chi connectivity index (χ0v) is 17.3. The van der Waals surface area contributed by atoms with E-state index in [4.69, 9.17) is 5.73 Å². The van der Waals surface area contributed by atoms with Crippen molar-refractivity contribution < 1.29 is 4.79 Å². The number of anilines is 4. The number of rotatable bonds is 8. The predicted octanol–water partition coefficient (Wildman–Crippen LogP) is 3.94. The lowest BCUT2D eigenvalue weighted by atomic mass is 10.1. The van der Waals surface area contributed by atoms with Crippen LogP contribution in [0.25, 0.3) is 0 Å². The highest BCUT2D eigenvalue weighted by molar-refractivity contribution is 7.99. The smallest absolute Gasteiger partial charge is 0.234 e. The molecule has 1 heterocycles. The molecule has 0 radical (unpaired) electrons. The number of nitrogens with two attached hydrogens (primary N) is 1. The van der Waals surface area contributed by atoms with Gasteiger partial charge in [0.15, 0.2) is 0 Å². The number of benzene rings is 2. The van der Waals surface area contributed by atoms with Crippen LogP contribution in [0.1, 0.15) is 23.9 Å². The van der Waals surface area contributed by atoms with Gasteiger partial charge in [0.05, 0.1) is 11.5 Å². The molecule has 0 aliphatic heterocycles. The van der Waals surface area contributed by atoms with E-state index < -0.39 is 0 Å². The highest BCUT2D eigenvalue weighted by Crippen LogP contribution is 2.17. The Labute approximate surface area is 174 Å². The number of nitrogens with zero attached hydrogens (tertiary/aromatic N) is 3. The molecule has 4 N–H and O–H groups in total. The minimum Gasteiger partial charge on any atom is -0.368 e. The van der Waals surface area contributed by atoms with Gasteiger partial charge < -0.3 is 16.4 Å². The number of aromatic nitrogens is 3. The quantitative estimate of drug-likeness (QED) is 0.518. The summed E-state index contributed by atoms with van der Waals surface area (Å²) in [6.45, 7) is 4.11. The van der Waals surface area contributed by atoms with Gasteiger partial charge >= 0.3 is 0 Å². The van der Waals surface area contributed by atoms with Gasteiger partial charge in [0.2, 0.25) is 17.8 Å². The Morgan fingerprint density at radius 2 is 1.86 bits per heavy atom. The summed E-state index contributed by atoms with van der Waals surface area (Å²) in [6.07, 6.45) is 0.929. The van der Waals surface area contributed by atoms with E-state index in [0.717, 1.165) is 17.8 Å². The van der Waals surface area contributed by atoms with Gasteiger partial charge in [-0.05, 0) is 43.2 Å². The van der Waals surface area contributed by atoms with Crippen LogP contribution in [0.15, 0.2) is 48.5 Å². The summed E-state index contributed by atoms with van der Waals surface area (Å²) in [6, 6.07) is 15.7. The third-order valence-corrected chi connectivity index (χ3v) is 5.02.